The van der Waals surface area contributed by atoms with Crippen LogP contribution in [0.3, 0.4) is 0 Å². The van der Waals surface area contributed by atoms with Crippen molar-refractivity contribution in [1.29, 1.82) is 0 Å². The van der Waals surface area contributed by atoms with Crippen molar-refractivity contribution in [1.82, 2.24) is 14.8 Å². The lowest BCUT2D eigenvalue weighted by Gasteiger charge is -2.10. The molecule has 0 amide bonds. The van der Waals surface area contributed by atoms with Gasteiger partial charge in [-0.2, -0.15) is 5.10 Å². The Morgan fingerprint density at radius 3 is 2.48 bits per heavy atom. The monoisotopic (exact) mass is 327 g/mol. The Morgan fingerprint density at radius 1 is 1.00 bits per heavy atom. The lowest BCUT2D eigenvalue weighted by molar-refractivity contribution is 0.563. The van der Waals surface area contributed by atoms with Gasteiger partial charge in [0.1, 0.15) is 0 Å². The Labute approximate surface area is 139 Å². The van der Waals surface area contributed by atoms with E-state index in [2.05, 4.69) is 10.1 Å². The van der Waals surface area contributed by atoms with E-state index < -0.39 is 0 Å². The van der Waals surface area contributed by atoms with Crippen molar-refractivity contribution in [3.05, 3.63) is 70.4 Å². The van der Waals surface area contributed by atoms with Crippen molar-refractivity contribution < 1.29 is 0 Å². The number of hydrogen-bond acceptors (Lipinski definition) is 3. The quantitative estimate of drug-likeness (QED) is 0.653. The van der Waals surface area contributed by atoms with E-state index in [0.717, 1.165) is 35.7 Å². The summed E-state index contributed by atoms with van der Waals surface area (Å²) in [7, 11) is 0. The Kier molecular flexibility index (Phi) is 5.03. The fourth-order valence-electron chi connectivity index (χ4n) is 2.66. The average molecular weight is 328 g/mol. The van der Waals surface area contributed by atoms with Crippen LogP contribution in [0.2, 0.25) is 0 Å². The summed E-state index contributed by atoms with van der Waals surface area (Å²) >= 11 is 5.75. The molecule has 118 valence electrons. The van der Waals surface area contributed by atoms with E-state index in [0.29, 0.717) is 12.4 Å². The predicted octanol–water partition coefficient (Wildman–Crippen LogP) is 3.21. The molecule has 0 atom stereocenters. The van der Waals surface area contributed by atoms with E-state index >= 15 is 0 Å². The van der Waals surface area contributed by atoms with E-state index in [1.165, 1.54) is 5.56 Å². The highest BCUT2D eigenvalue weighted by Gasteiger charge is 2.10. The number of fused-ring (bicyclic) bond motifs is 1. The zero-order valence-electron chi connectivity index (χ0n) is 12.8. The van der Waals surface area contributed by atoms with Crippen LogP contribution in [0.4, 0.5) is 0 Å². The largest absolute Gasteiger partial charge is 0.274 e. The molecule has 0 unspecified atom stereocenters. The highest BCUT2D eigenvalue weighted by Crippen LogP contribution is 2.15. The average Bonchev–Trinajstić information content (AvgIpc) is 2.61. The Bertz CT molecular complexity index is 846. The molecule has 0 aliphatic rings. The Morgan fingerprint density at radius 2 is 1.74 bits per heavy atom. The highest BCUT2D eigenvalue weighted by molar-refractivity contribution is 6.17. The van der Waals surface area contributed by atoms with E-state index in [1.807, 2.05) is 36.4 Å². The maximum absolute atomic E-state index is 12.5. The minimum absolute atomic E-state index is 0.0432. The van der Waals surface area contributed by atoms with Gasteiger partial charge in [-0.25, -0.2) is 4.68 Å². The van der Waals surface area contributed by atoms with Crippen LogP contribution in [0.25, 0.3) is 10.8 Å². The van der Waals surface area contributed by atoms with E-state index in [-0.39, 0.29) is 5.56 Å². The van der Waals surface area contributed by atoms with Gasteiger partial charge in [-0.3, -0.25) is 9.78 Å². The lowest BCUT2D eigenvalue weighted by atomic mass is 10.0. The van der Waals surface area contributed by atoms with Crippen molar-refractivity contribution in [3.8, 4) is 0 Å². The second kappa shape index (κ2) is 7.38. The molecular formula is C18H18ClN3O. The third kappa shape index (κ3) is 3.59. The maximum Gasteiger partial charge on any atom is 0.274 e. The summed E-state index contributed by atoms with van der Waals surface area (Å²) in [6, 6.07) is 11.7. The first kappa shape index (κ1) is 15.7. The highest BCUT2D eigenvalue weighted by atomic mass is 35.5. The Balaban J connectivity index is 1.97. The number of alkyl halides is 1. The van der Waals surface area contributed by atoms with Gasteiger partial charge in [-0.15, -0.1) is 11.6 Å². The van der Waals surface area contributed by atoms with E-state index in [1.54, 1.807) is 17.1 Å². The van der Waals surface area contributed by atoms with E-state index in [9.17, 15) is 4.79 Å². The summed E-state index contributed by atoms with van der Waals surface area (Å²) in [6.07, 6.45) is 5.97. The van der Waals surface area contributed by atoms with Gasteiger partial charge >= 0.3 is 0 Å². The van der Waals surface area contributed by atoms with Gasteiger partial charge in [0.25, 0.3) is 5.56 Å². The van der Waals surface area contributed by atoms with Crippen LogP contribution in [0.5, 0.6) is 0 Å². The summed E-state index contributed by atoms with van der Waals surface area (Å²) in [6.45, 7) is 0.551. The number of halogens is 1. The normalized spacial score (nSPS) is 11.0. The number of nitrogens with zero attached hydrogens (tertiary/aromatic N) is 3. The van der Waals surface area contributed by atoms with Crippen molar-refractivity contribution in [2.24, 2.45) is 0 Å². The fourth-order valence-corrected chi connectivity index (χ4v) is 2.78. The van der Waals surface area contributed by atoms with Crippen LogP contribution in [0.15, 0.2) is 53.6 Å². The molecule has 0 bridgehead atoms. The first-order chi connectivity index (χ1) is 11.3. The summed E-state index contributed by atoms with van der Waals surface area (Å²) in [5, 5.41) is 6.25. The first-order valence-electron chi connectivity index (χ1n) is 7.73. The molecule has 2 aromatic heterocycles. The SMILES string of the molecule is O=c1c2ccccc2c(CCc2ccncc2)nn1CCCCl. The van der Waals surface area contributed by atoms with Gasteiger partial charge in [0.15, 0.2) is 0 Å². The first-order valence-corrected chi connectivity index (χ1v) is 8.26. The summed E-state index contributed by atoms with van der Waals surface area (Å²) in [5.41, 5.74) is 2.12. The molecule has 0 saturated carbocycles. The van der Waals surface area contributed by atoms with Crippen LogP contribution in [0, 0.1) is 0 Å². The van der Waals surface area contributed by atoms with Crippen LogP contribution in [-0.2, 0) is 19.4 Å². The second-order valence-electron chi connectivity index (χ2n) is 5.42. The van der Waals surface area contributed by atoms with Crippen LogP contribution in [-0.4, -0.2) is 20.6 Å². The van der Waals surface area contributed by atoms with Gasteiger partial charge in [0.05, 0.1) is 11.1 Å². The van der Waals surface area contributed by atoms with E-state index in [4.69, 9.17) is 11.6 Å². The molecule has 0 aliphatic heterocycles. The zero-order chi connectivity index (χ0) is 16.1. The molecule has 23 heavy (non-hydrogen) atoms. The van der Waals surface area contributed by atoms with Crippen molar-refractivity contribution in [3.63, 3.8) is 0 Å². The van der Waals surface area contributed by atoms with Gasteiger partial charge in [0, 0.05) is 30.2 Å². The molecule has 1 aromatic carbocycles. The minimum atomic E-state index is -0.0432. The number of benzene rings is 1. The van der Waals surface area contributed by atoms with Crippen LogP contribution < -0.4 is 5.56 Å². The third-order valence-electron chi connectivity index (χ3n) is 3.85. The van der Waals surface area contributed by atoms with Gasteiger partial charge in [0.2, 0.25) is 0 Å². The topological polar surface area (TPSA) is 47.8 Å². The molecular weight excluding hydrogens is 310 g/mol. The van der Waals surface area contributed by atoms with Crippen LogP contribution >= 0.6 is 11.6 Å². The molecule has 3 aromatic rings. The number of hydrogen-bond donors (Lipinski definition) is 0. The Hall–Kier alpha value is -2.20. The van der Waals surface area contributed by atoms with Crippen molar-refractivity contribution in [2.75, 3.05) is 5.88 Å². The standard InChI is InChI=1S/C18H18ClN3O/c19-10-3-13-22-18(23)16-5-2-1-4-15(16)17(21-22)7-6-14-8-11-20-12-9-14/h1-2,4-5,8-9,11-12H,3,6-7,10,13H2. The van der Waals surface area contributed by atoms with Crippen LogP contribution in [0.1, 0.15) is 17.7 Å². The molecule has 0 aliphatic carbocycles. The van der Waals surface area contributed by atoms with Crippen molar-refractivity contribution >= 4 is 22.4 Å². The molecule has 0 N–H and O–H groups in total. The summed E-state index contributed by atoms with van der Waals surface area (Å²) in [5.74, 6) is 0.521. The van der Waals surface area contributed by atoms with Gasteiger partial charge in [-0.05, 0) is 43.0 Å². The summed E-state index contributed by atoms with van der Waals surface area (Å²) < 4.78 is 1.55. The molecule has 5 heteroatoms. The zero-order valence-corrected chi connectivity index (χ0v) is 13.5. The minimum Gasteiger partial charge on any atom is -0.267 e. The number of aryl methyl sites for hydroxylation is 3. The molecule has 0 radical (unpaired) electrons. The molecule has 0 fully saturated rings. The molecule has 0 spiro atoms. The molecule has 3 rings (SSSR count). The molecule has 0 saturated heterocycles. The number of aromatic nitrogens is 3. The fraction of sp³-hybridized carbons (Fsp3) is 0.278. The smallest absolute Gasteiger partial charge is 0.267 e. The van der Waals surface area contributed by atoms with Crippen molar-refractivity contribution in [2.45, 2.75) is 25.8 Å². The van der Waals surface area contributed by atoms with Gasteiger partial charge in [-0.1, -0.05) is 18.2 Å². The van der Waals surface area contributed by atoms with Gasteiger partial charge < -0.3 is 0 Å². The predicted molar refractivity (Wildman–Crippen MR) is 93.0 cm³/mol. The lowest BCUT2D eigenvalue weighted by Crippen LogP contribution is -2.25. The maximum atomic E-state index is 12.5. The third-order valence-corrected chi connectivity index (χ3v) is 4.11. The number of rotatable bonds is 6. The molecule has 4 nitrogen and oxygen atoms in total. The second-order valence-corrected chi connectivity index (χ2v) is 5.80. The number of pyridine rings is 1. The molecule has 2 heterocycles. The summed E-state index contributed by atoms with van der Waals surface area (Å²) in [4.78, 5) is 16.5.